The molecule has 0 atom stereocenters. The van der Waals surface area contributed by atoms with Gasteiger partial charge in [-0.1, -0.05) is 178 Å². The van der Waals surface area contributed by atoms with Crippen molar-refractivity contribution in [3.63, 3.8) is 0 Å². The van der Waals surface area contributed by atoms with Crippen molar-refractivity contribution in [1.82, 2.24) is 0 Å². The number of benzene rings is 9. The van der Waals surface area contributed by atoms with E-state index < -0.39 is 5.41 Å². The Morgan fingerprint density at radius 1 is 0.383 bits per heavy atom. The van der Waals surface area contributed by atoms with Gasteiger partial charge in [-0.2, -0.15) is 0 Å². The van der Waals surface area contributed by atoms with Crippen molar-refractivity contribution in [2.24, 2.45) is 0 Å². The number of hydrogen-bond donors (Lipinski definition) is 0. The van der Waals surface area contributed by atoms with E-state index in [1.54, 1.807) is 0 Å². The molecule has 2 nitrogen and oxygen atoms in total. The van der Waals surface area contributed by atoms with E-state index in [4.69, 9.17) is 4.42 Å². The largest absolute Gasteiger partial charge is 0.456 e. The first-order valence-electron chi connectivity index (χ1n) is 20.9. The molecule has 0 bridgehead atoms. The first-order chi connectivity index (χ1) is 29.5. The zero-order valence-corrected chi connectivity index (χ0v) is 33.6. The Morgan fingerprint density at radius 3 is 1.65 bits per heavy atom. The van der Waals surface area contributed by atoms with Crippen molar-refractivity contribution in [2.45, 2.75) is 24.7 Å². The highest BCUT2D eigenvalue weighted by Gasteiger charge is 2.46. The summed E-state index contributed by atoms with van der Waals surface area (Å²) in [4.78, 5) is 2.45. The highest BCUT2D eigenvalue weighted by molar-refractivity contribution is 6.14. The molecule has 2 heteroatoms. The molecule has 2 aliphatic carbocycles. The molecular weight excluding hydrogens is 727 g/mol. The molecule has 0 saturated heterocycles. The van der Waals surface area contributed by atoms with Crippen LogP contribution >= 0.6 is 0 Å². The summed E-state index contributed by atoms with van der Waals surface area (Å²) in [5.74, 6) is 0. The molecule has 0 fully saturated rings. The predicted octanol–water partition coefficient (Wildman–Crippen LogP) is 15.4. The van der Waals surface area contributed by atoms with Crippen molar-refractivity contribution in [3.05, 3.63) is 246 Å². The van der Waals surface area contributed by atoms with Crippen LogP contribution in [0.15, 0.2) is 217 Å². The molecule has 0 amide bonds. The van der Waals surface area contributed by atoms with Gasteiger partial charge in [0.1, 0.15) is 11.2 Å². The van der Waals surface area contributed by atoms with E-state index in [0.29, 0.717) is 0 Å². The van der Waals surface area contributed by atoms with Crippen LogP contribution in [0.2, 0.25) is 0 Å². The third kappa shape index (κ3) is 4.88. The van der Waals surface area contributed by atoms with Crippen molar-refractivity contribution < 1.29 is 4.42 Å². The van der Waals surface area contributed by atoms with Gasteiger partial charge in [-0.05, 0) is 115 Å². The quantitative estimate of drug-likeness (QED) is 0.168. The first-order valence-corrected chi connectivity index (χ1v) is 20.9. The Kier molecular flexibility index (Phi) is 7.52. The SMILES string of the molecule is CC1(C)c2ccccc2-c2ccc(N(c3ccc(C4(c5ccccc5)c5ccccc5-c5ccccc54)cc3)c3cccc4oc5ccc(-c6ccccc6)cc5c34)cc21. The van der Waals surface area contributed by atoms with Gasteiger partial charge in [-0.15, -0.1) is 0 Å². The molecule has 12 rings (SSSR count). The number of furan rings is 1. The normalized spacial score (nSPS) is 14.1. The second kappa shape index (κ2) is 13.0. The van der Waals surface area contributed by atoms with Gasteiger partial charge in [0.15, 0.2) is 0 Å². The Hall–Kier alpha value is -7.42. The van der Waals surface area contributed by atoms with Gasteiger partial charge in [-0.3, -0.25) is 0 Å². The lowest BCUT2D eigenvalue weighted by Crippen LogP contribution is -2.28. The molecule has 0 unspecified atom stereocenters. The summed E-state index contributed by atoms with van der Waals surface area (Å²) >= 11 is 0. The molecule has 0 radical (unpaired) electrons. The zero-order valence-electron chi connectivity index (χ0n) is 33.6. The van der Waals surface area contributed by atoms with Gasteiger partial charge < -0.3 is 9.32 Å². The lowest BCUT2D eigenvalue weighted by atomic mass is 9.68. The summed E-state index contributed by atoms with van der Waals surface area (Å²) in [5.41, 5.74) is 19.7. The molecule has 1 aromatic heterocycles. The van der Waals surface area contributed by atoms with Gasteiger partial charge in [0.2, 0.25) is 0 Å². The minimum absolute atomic E-state index is 0.151. The van der Waals surface area contributed by atoms with E-state index in [1.807, 2.05) is 0 Å². The fourth-order valence-electron chi connectivity index (χ4n) is 10.6. The van der Waals surface area contributed by atoms with Crippen LogP contribution in [0.1, 0.15) is 47.2 Å². The van der Waals surface area contributed by atoms with Crippen molar-refractivity contribution >= 4 is 39.0 Å². The zero-order chi connectivity index (χ0) is 40.0. The Labute approximate surface area is 350 Å². The van der Waals surface area contributed by atoms with Crippen molar-refractivity contribution in [3.8, 4) is 33.4 Å². The van der Waals surface area contributed by atoms with E-state index in [2.05, 4.69) is 231 Å². The first kappa shape index (κ1) is 34.6. The lowest BCUT2D eigenvalue weighted by Gasteiger charge is -2.34. The maximum atomic E-state index is 6.64. The number of nitrogens with zero attached hydrogens (tertiary/aromatic N) is 1. The van der Waals surface area contributed by atoms with Gasteiger partial charge >= 0.3 is 0 Å². The molecule has 9 aromatic carbocycles. The molecule has 0 N–H and O–H groups in total. The van der Waals surface area contributed by atoms with E-state index in [1.165, 1.54) is 61.2 Å². The van der Waals surface area contributed by atoms with Gasteiger partial charge in [0.25, 0.3) is 0 Å². The Bertz CT molecular complexity index is 3240. The molecular formula is C58H41NO. The third-order valence-electron chi connectivity index (χ3n) is 13.4. The smallest absolute Gasteiger partial charge is 0.137 e. The summed E-state index contributed by atoms with van der Waals surface area (Å²) in [6.45, 7) is 4.71. The average Bonchev–Trinajstić information content (AvgIpc) is 3.91. The van der Waals surface area contributed by atoms with Crippen molar-refractivity contribution in [2.75, 3.05) is 4.90 Å². The monoisotopic (exact) mass is 767 g/mol. The standard InChI is InChI=1S/C58H41NO/c1-57(2)49-23-12-9-20-44(49)47-34-33-43(37-52(47)57)59(53-26-15-27-55-56(53)48-36-39(28-35-54(48)60-55)38-16-5-3-6-17-38)42-31-29-41(30-32-42)58(40-18-7-4-8-19-40)50-24-13-10-21-45(50)46-22-11-14-25-51(46)58/h3-37H,1-2H3. The number of hydrogen-bond acceptors (Lipinski definition) is 2. The van der Waals surface area contributed by atoms with E-state index >= 15 is 0 Å². The Morgan fingerprint density at radius 2 is 0.950 bits per heavy atom. The predicted molar refractivity (Wildman–Crippen MR) is 249 cm³/mol. The van der Waals surface area contributed by atoms with Crippen LogP contribution in [0.5, 0.6) is 0 Å². The lowest BCUT2D eigenvalue weighted by molar-refractivity contribution is 0.660. The summed E-state index contributed by atoms with van der Waals surface area (Å²) < 4.78 is 6.64. The van der Waals surface area contributed by atoms with Crippen LogP contribution in [0, 0.1) is 0 Å². The minimum atomic E-state index is -0.476. The number of fused-ring (bicyclic) bond motifs is 9. The Balaban J connectivity index is 1.09. The molecule has 0 spiro atoms. The van der Waals surface area contributed by atoms with Crippen LogP contribution in [0.4, 0.5) is 17.1 Å². The summed E-state index contributed by atoms with van der Waals surface area (Å²) in [6, 6.07) is 77.9. The average molecular weight is 768 g/mol. The highest BCUT2D eigenvalue weighted by Crippen LogP contribution is 2.57. The minimum Gasteiger partial charge on any atom is -0.456 e. The molecule has 284 valence electrons. The second-order valence-electron chi connectivity index (χ2n) is 16.8. The van der Waals surface area contributed by atoms with E-state index in [9.17, 15) is 0 Å². The molecule has 2 aliphatic rings. The maximum Gasteiger partial charge on any atom is 0.137 e. The topological polar surface area (TPSA) is 16.4 Å². The van der Waals surface area contributed by atoms with Crippen LogP contribution < -0.4 is 4.90 Å². The number of rotatable bonds is 6. The van der Waals surface area contributed by atoms with Crippen LogP contribution in [0.25, 0.3) is 55.3 Å². The maximum absolute atomic E-state index is 6.64. The van der Waals surface area contributed by atoms with Gasteiger partial charge in [-0.25, -0.2) is 0 Å². The molecule has 60 heavy (non-hydrogen) atoms. The van der Waals surface area contributed by atoms with E-state index in [-0.39, 0.29) is 5.41 Å². The molecule has 10 aromatic rings. The summed E-state index contributed by atoms with van der Waals surface area (Å²) in [5, 5.41) is 2.19. The summed E-state index contributed by atoms with van der Waals surface area (Å²) in [6.07, 6.45) is 0. The van der Waals surface area contributed by atoms with Crippen LogP contribution in [-0.4, -0.2) is 0 Å². The summed E-state index contributed by atoms with van der Waals surface area (Å²) in [7, 11) is 0. The van der Waals surface area contributed by atoms with E-state index in [0.717, 1.165) is 44.6 Å². The molecule has 0 saturated carbocycles. The van der Waals surface area contributed by atoms with Gasteiger partial charge in [0.05, 0.1) is 16.5 Å². The van der Waals surface area contributed by atoms with Crippen LogP contribution in [-0.2, 0) is 10.8 Å². The molecule has 1 heterocycles. The van der Waals surface area contributed by atoms with Gasteiger partial charge in [0, 0.05) is 22.2 Å². The fourth-order valence-corrected chi connectivity index (χ4v) is 10.6. The molecule has 0 aliphatic heterocycles. The number of anilines is 3. The second-order valence-corrected chi connectivity index (χ2v) is 16.8. The highest BCUT2D eigenvalue weighted by atomic mass is 16.3. The van der Waals surface area contributed by atoms with Crippen LogP contribution in [0.3, 0.4) is 0 Å². The van der Waals surface area contributed by atoms with Crippen molar-refractivity contribution in [1.29, 1.82) is 0 Å². The third-order valence-corrected chi connectivity index (χ3v) is 13.4. The fraction of sp³-hybridized carbons (Fsp3) is 0.0690.